The summed E-state index contributed by atoms with van der Waals surface area (Å²) in [5.41, 5.74) is 0.993. The van der Waals surface area contributed by atoms with Crippen LogP contribution in [0.4, 0.5) is 0 Å². The van der Waals surface area contributed by atoms with E-state index in [4.69, 9.17) is 10.2 Å². The first-order valence-corrected chi connectivity index (χ1v) is 4.16. The van der Waals surface area contributed by atoms with Crippen LogP contribution in [0.3, 0.4) is 0 Å². The molecule has 0 saturated carbocycles. The van der Waals surface area contributed by atoms with Crippen LogP contribution in [0.15, 0.2) is 35.3 Å². The van der Waals surface area contributed by atoms with E-state index in [2.05, 4.69) is 4.99 Å². The molecule has 0 aromatic heterocycles. The van der Waals surface area contributed by atoms with E-state index in [9.17, 15) is 0 Å². The van der Waals surface area contributed by atoms with Crippen LogP contribution in [0.5, 0.6) is 0 Å². The largest absolute Gasteiger partial charge is 0.394 e. The van der Waals surface area contributed by atoms with Crippen molar-refractivity contribution in [2.24, 2.45) is 4.99 Å². The summed E-state index contributed by atoms with van der Waals surface area (Å²) in [6.45, 7) is -0.00246. The van der Waals surface area contributed by atoms with Crippen molar-refractivity contribution in [1.29, 1.82) is 0 Å². The molecule has 0 spiro atoms. The molecule has 1 aromatic rings. The first-order chi connectivity index (χ1) is 6.33. The van der Waals surface area contributed by atoms with Gasteiger partial charge in [-0.25, -0.2) is 0 Å². The van der Waals surface area contributed by atoms with Gasteiger partial charge in [0, 0.05) is 6.21 Å². The minimum absolute atomic E-state index is 0.241. The summed E-state index contributed by atoms with van der Waals surface area (Å²) < 4.78 is 0. The van der Waals surface area contributed by atoms with Crippen molar-refractivity contribution in [3.63, 3.8) is 0 Å². The van der Waals surface area contributed by atoms with Crippen LogP contribution in [0, 0.1) is 0 Å². The van der Waals surface area contributed by atoms with Crippen molar-refractivity contribution < 1.29 is 10.2 Å². The van der Waals surface area contributed by atoms with E-state index >= 15 is 0 Å². The molecule has 0 fully saturated rings. The van der Waals surface area contributed by atoms with E-state index in [1.807, 2.05) is 30.3 Å². The van der Waals surface area contributed by atoms with Gasteiger partial charge in [0.2, 0.25) is 0 Å². The molecular formula is C10H13NO2. The molecule has 1 atom stereocenters. The Bertz CT molecular complexity index is 259. The monoisotopic (exact) mass is 179 g/mol. The highest BCUT2D eigenvalue weighted by Crippen LogP contribution is 1.94. The number of nitrogens with zero attached hydrogens (tertiary/aromatic N) is 1. The van der Waals surface area contributed by atoms with Gasteiger partial charge in [-0.1, -0.05) is 30.3 Å². The van der Waals surface area contributed by atoms with Crippen LogP contribution in [0.1, 0.15) is 5.56 Å². The van der Waals surface area contributed by atoms with Gasteiger partial charge in [0.1, 0.15) is 0 Å². The Morgan fingerprint density at radius 1 is 1.31 bits per heavy atom. The first kappa shape index (κ1) is 9.89. The summed E-state index contributed by atoms with van der Waals surface area (Å²) in [5.74, 6) is 0. The maximum atomic E-state index is 8.97. The predicted octanol–water partition coefficient (Wildman–Crippen LogP) is 0.459. The minimum atomic E-state index is -0.750. The smallest absolute Gasteiger partial charge is 0.0965 e. The van der Waals surface area contributed by atoms with Crippen LogP contribution >= 0.6 is 0 Å². The van der Waals surface area contributed by atoms with Crippen molar-refractivity contribution >= 4 is 6.21 Å². The van der Waals surface area contributed by atoms with Crippen LogP contribution < -0.4 is 0 Å². The number of aliphatic hydroxyl groups is 2. The van der Waals surface area contributed by atoms with Crippen molar-refractivity contribution in [3.8, 4) is 0 Å². The fourth-order valence-electron chi connectivity index (χ4n) is 0.877. The first-order valence-electron chi connectivity index (χ1n) is 4.16. The molecule has 3 nitrogen and oxygen atoms in total. The Kier molecular flexibility index (Phi) is 4.15. The van der Waals surface area contributed by atoms with Crippen molar-refractivity contribution in [1.82, 2.24) is 0 Å². The van der Waals surface area contributed by atoms with Gasteiger partial charge in [0.05, 0.1) is 19.3 Å². The van der Waals surface area contributed by atoms with Crippen molar-refractivity contribution in [3.05, 3.63) is 35.9 Å². The predicted molar refractivity (Wildman–Crippen MR) is 52.0 cm³/mol. The van der Waals surface area contributed by atoms with E-state index < -0.39 is 6.10 Å². The number of benzene rings is 1. The molecule has 1 aromatic carbocycles. The van der Waals surface area contributed by atoms with E-state index in [1.54, 1.807) is 6.21 Å². The highest BCUT2D eigenvalue weighted by atomic mass is 16.3. The molecule has 0 saturated heterocycles. The van der Waals surface area contributed by atoms with Crippen LogP contribution in [0.25, 0.3) is 0 Å². The second-order valence-corrected chi connectivity index (χ2v) is 2.74. The summed E-state index contributed by atoms with van der Waals surface area (Å²) in [5, 5.41) is 17.5. The van der Waals surface area contributed by atoms with Crippen LogP contribution in [-0.4, -0.2) is 35.7 Å². The fraction of sp³-hybridized carbons (Fsp3) is 0.300. The molecule has 0 heterocycles. The summed E-state index contributed by atoms with van der Waals surface area (Å²) in [7, 11) is 0. The third-order valence-corrected chi connectivity index (χ3v) is 1.57. The summed E-state index contributed by atoms with van der Waals surface area (Å²) in [6.07, 6.45) is 0.929. The maximum Gasteiger partial charge on any atom is 0.0965 e. The van der Waals surface area contributed by atoms with Crippen LogP contribution in [0.2, 0.25) is 0 Å². The number of hydrogen-bond acceptors (Lipinski definition) is 3. The van der Waals surface area contributed by atoms with Gasteiger partial charge in [-0.2, -0.15) is 0 Å². The van der Waals surface area contributed by atoms with Gasteiger partial charge in [0.15, 0.2) is 0 Å². The van der Waals surface area contributed by atoms with Gasteiger partial charge in [-0.15, -0.1) is 0 Å². The lowest BCUT2D eigenvalue weighted by atomic mass is 10.2. The van der Waals surface area contributed by atoms with E-state index in [-0.39, 0.29) is 13.2 Å². The number of aliphatic imine (C=N–C) groups is 1. The highest BCUT2D eigenvalue weighted by molar-refractivity contribution is 5.79. The van der Waals surface area contributed by atoms with Crippen LogP contribution in [-0.2, 0) is 0 Å². The Morgan fingerprint density at radius 3 is 2.62 bits per heavy atom. The topological polar surface area (TPSA) is 52.8 Å². The Labute approximate surface area is 77.4 Å². The number of hydrogen-bond donors (Lipinski definition) is 2. The second-order valence-electron chi connectivity index (χ2n) is 2.74. The molecule has 13 heavy (non-hydrogen) atoms. The van der Waals surface area contributed by atoms with Gasteiger partial charge in [-0.3, -0.25) is 4.99 Å². The fourth-order valence-corrected chi connectivity index (χ4v) is 0.877. The molecule has 0 bridgehead atoms. The standard InChI is InChI=1S/C10H13NO2/c12-8-10(13)7-11-6-9-4-2-1-3-5-9/h1-6,10,12-13H,7-8H2. The molecule has 3 heteroatoms. The Hall–Kier alpha value is -1.19. The molecule has 0 aliphatic carbocycles. The lowest BCUT2D eigenvalue weighted by Crippen LogP contribution is -2.15. The lowest BCUT2D eigenvalue weighted by Gasteiger charge is -2.00. The van der Waals surface area contributed by atoms with Gasteiger partial charge >= 0.3 is 0 Å². The Balaban J connectivity index is 2.41. The van der Waals surface area contributed by atoms with Gasteiger partial charge < -0.3 is 10.2 Å². The summed E-state index contributed by atoms with van der Waals surface area (Å²) >= 11 is 0. The molecule has 2 N–H and O–H groups in total. The zero-order chi connectivity index (χ0) is 9.52. The Morgan fingerprint density at radius 2 is 2.00 bits per heavy atom. The summed E-state index contributed by atoms with van der Waals surface area (Å²) in [4.78, 5) is 3.98. The molecular weight excluding hydrogens is 166 g/mol. The maximum absolute atomic E-state index is 8.97. The highest BCUT2D eigenvalue weighted by Gasteiger charge is 1.97. The third kappa shape index (κ3) is 3.83. The lowest BCUT2D eigenvalue weighted by molar-refractivity contribution is 0.102. The molecule has 0 amide bonds. The SMILES string of the molecule is OCC(O)CN=Cc1ccccc1. The number of aliphatic hydroxyl groups excluding tert-OH is 2. The zero-order valence-corrected chi connectivity index (χ0v) is 7.30. The number of rotatable bonds is 4. The van der Waals surface area contributed by atoms with E-state index in [0.717, 1.165) is 5.56 Å². The molecule has 0 radical (unpaired) electrons. The van der Waals surface area contributed by atoms with Gasteiger partial charge in [0.25, 0.3) is 0 Å². The second kappa shape index (κ2) is 5.45. The zero-order valence-electron chi connectivity index (χ0n) is 7.30. The summed E-state index contributed by atoms with van der Waals surface area (Å²) in [6, 6.07) is 9.62. The normalized spacial score (nSPS) is 13.4. The molecule has 70 valence electrons. The molecule has 1 unspecified atom stereocenters. The molecule has 0 aliphatic heterocycles. The quantitative estimate of drug-likeness (QED) is 0.660. The van der Waals surface area contributed by atoms with Gasteiger partial charge in [-0.05, 0) is 5.56 Å². The van der Waals surface area contributed by atoms with Crippen molar-refractivity contribution in [2.75, 3.05) is 13.2 Å². The average Bonchev–Trinajstić information content (AvgIpc) is 2.19. The molecule has 0 aliphatic rings. The van der Waals surface area contributed by atoms with E-state index in [1.165, 1.54) is 0 Å². The van der Waals surface area contributed by atoms with E-state index in [0.29, 0.717) is 0 Å². The third-order valence-electron chi connectivity index (χ3n) is 1.57. The van der Waals surface area contributed by atoms with Crippen molar-refractivity contribution in [2.45, 2.75) is 6.10 Å². The minimum Gasteiger partial charge on any atom is -0.394 e. The average molecular weight is 179 g/mol. The molecule has 1 rings (SSSR count).